The van der Waals surface area contributed by atoms with E-state index in [-0.39, 0.29) is 5.82 Å². The van der Waals surface area contributed by atoms with Gasteiger partial charge in [-0.05, 0) is 43.5 Å². The van der Waals surface area contributed by atoms with Crippen LogP contribution in [0.4, 0.5) is 4.39 Å². The van der Waals surface area contributed by atoms with E-state index in [1.54, 1.807) is 23.9 Å². The molecule has 2 rings (SSSR count). The third-order valence-electron chi connectivity index (χ3n) is 3.36. The molecule has 1 aliphatic carbocycles. The maximum absolute atomic E-state index is 13.1. The van der Waals surface area contributed by atoms with E-state index in [1.807, 2.05) is 6.07 Å². The SMILES string of the molecule is CCNC(CCC1CC1)CSc1cccc(F)c1. The summed E-state index contributed by atoms with van der Waals surface area (Å²) >= 11 is 1.75. The van der Waals surface area contributed by atoms with Gasteiger partial charge in [-0.1, -0.05) is 25.8 Å². The smallest absolute Gasteiger partial charge is 0.124 e. The Kier molecular flexibility index (Phi) is 5.51. The summed E-state index contributed by atoms with van der Waals surface area (Å²) in [5.41, 5.74) is 0. The van der Waals surface area contributed by atoms with Gasteiger partial charge < -0.3 is 5.32 Å². The van der Waals surface area contributed by atoms with Crippen molar-refractivity contribution in [2.75, 3.05) is 12.3 Å². The Morgan fingerprint density at radius 2 is 2.28 bits per heavy atom. The van der Waals surface area contributed by atoms with Crippen LogP contribution < -0.4 is 5.32 Å². The zero-order chi connectivity index (χ0) is 12.8. The van der Waals surface area contributed by atoms with Crippen LogP contribution in [0.3, 0.4) is 0 Å². The normalized spacial score (nSPS) is 16.8. The van der Waals surface area contributed by atoms with E-state index >= 15 is 0 Å². The lowest BCUT2D eigenvalue weighted by Gasteiger charge is -2.17. The monoisotopic (exact) mass is 267 g/mol. The summed E-state index contributed by atoms with van der Waals surface area (Å²) < 4.78 is 13.1. The van der Waals surface area contributed by atoms with E-state index in [1.165, 1.54) is 31.7 Å². The first kappa shape index (κ1) is 13.9. The van der Waals surface area contributed by atoms with Crippen LogP contribution in [0.5, 0.6) is 0 Å². The molecular formula is C15H22FNS. The minimum Gasteiger partial charge on any atom is -0.313 e. The topological polar surface area (TPSA) is 12.0 Å². The van der Waals surface area contributed by atoms with E-state index in [0.29, 0.717) is 6.04 Å². The number of benzene rings is 1. The first-order valence-corrected chi connectivity index (χ1v) is 7.88. The van der Waals surface area contributed by atoms with Crippen LogP contribution >= 0.6 is 11.8 Å². The van der Waals surface area contributed by atoms with E-state index in [2.05, 4.69) is 12.2 Å². The molecule has 1 atom stereocenters. The highest BCUT2D eigenvalue weighted by Crippen LogP contribution is 2.34. The molecule has 18 heavy (non-hydrogen) atoms. The fraction of sp³-hybridized carbons (Fsp3) is 0.600. The van der Waals surface area contributed by atoms with Crippen LogP contribution in [0, 0.1) is 11.7 Å². The Morgan fingerprint density at radius 1 is 1.44 bits per heavy atom. The molecule has 0 spiro atoms. The quantitative estimate of drug-likeness (QED) is 0.712. The first-order valence-electron chi connectivity index (χ1n) is 6.89. The summed E-state index contributed by atoms with van der Waals surface area (Å²) in [4.78, 5) is 1.03. The zero-order valence-electron chi connectivity index (χ0n) is 11.0. The average molecular weight is 267 g/mol. The third kappa shape index (κ3) is 4.99. The van der Waals surface area contributed by atoms with Gasteiger partial charge in [0.15, 0.2) is 0 Å². The van der Waals surface area contributed by atoms with Crippen LogP contribution in [0.25, 0.3) is 0 Å². The average Bonchev–Trinajstić information content (AvgIpc) is 3.17. The van der Waals surface area contributed by atoms with E-state index in [9.17, 15) is 4.39 Å². The predicted octanol–water partition coefficient (Wildman–Crippen LogP) is 4.09. The van der Waals surface area contributed by atoms with E-state index in [0.717, 1.165) is 23.1 Å². The molecule has 1 fully saturated rings. The number of hydrogen-bond donors (Lipinski definition) is 1. The van der Waals surface area contributed by atoms with Gasteiger partial charge in [0.25, 0.3) is 0 Å². The maximum atomic E-state index is 13.1. The number of hydrogen-bond acceptors (Lipinski definition) is 2. The van der Waals surface area contributed by atoms with Gasteiger partial charge in [0.2, 0.25) is 0 Å². The molecule has 0 saturated heterocycles. The van der Waals surface area contributed by atoms with Crippen LogP contribution in [0.1, 0.15) is 32.6 Å². The Bertz CT molecular complexity index is 365. The van der Waals surface area contributed by atoms with Gasteiger partial charge in [-0.2, -0.15) is 0 Å². The lowest BCUT2D eigenvalue weighted by Crippen LogP contribution is -2.31. The van der Waals surface area contributed by atoms with Gasteiger partial charge >= 0.3 is 0 Å². The first-order chi connectivity index (χ1) is 8.78. The molecule has 0 amide bonds. The molecule has 1 aromatic carbocycles. The summed E-state index contributed by atoms with van der Waals surface area (Å²) in [6, 6.07) is 7.44. The lowest BCUT2D eigenvalue weighted by molar-refractivity contribution is 0.501. The summed E-state index contributed by atoms with van der Waals surface area (Å²) in [6.45, 7) is 3.16. The standard InChI is InChI=1S/C15H22FNS/c1-2-17-14(9-8-12-6-7-12)11-18-15-5-3-4-13(16)10-15/h3-5,10,12,14,17H,2,6-9,11H2,1H3. The maximum Gasteiger partial charge on any atom is 0.124 e. The van der Waals surface area contributed by atoms with E-state index in [4.69, 9.17) is 0 Å². The minimum atomic E-state index is -0.141. The van der Waals surface area contributed by atoms with Crippen molar-refractivity contribution >= 4 is 11.8 Å². The number of rotatable bonds is 8. The second-order valence-corrected chi connectivity index (χ2v) is 6.14. The molecule has 1 nitrogen and oxygen atoms in total. The van der Waals surface area contributed by atoms with Crippen molar-refractivity contribution in [3.05, 3.63) is 30.1 Å². The molecule has 1 unspecified atom stereocenters. The second-order valence-electron chi connectivity index (χ2n) is 5.04. The van der Waals surface area contributed by atoms with Crippen molar-refractivity contribution < 1.29 is 4.39 Å². The molecule has 3 heteroatoms. The summed E-state index contributed by atoms with van der Waals surface area (Å²) in [6.07, 6.45) is 5.45. The van der Waals surface area contributed by atoms with Gasteiger partial charge in [-0.3, -0.25) is 0 Å². The lowest BCUT2D eigenvalue weighted by atomic mass is 10.1. The molecule has 0 aliphatic heterocycles. The van der Waals surface area contributed by atoms with Crippen LogP contribution in [0.15, 0.2) is 29.2 Å². The van der Waals surface area contributed by atoms with Crippen LogP contribution in [-0.2, 0) is 0 Å². The van der Waals surface area contributed by atoms with Gasteiger partial charge in [0, 0.05) is 16.7 Å². The molecule has 0 bridgehead atoms. The highest BCUT2D eigenvalue weighted by molar-refractivity contribution is 7.99. The second kappa shape index (κ2) is 7.15. The highest BCUT2D eigenvalue weighted by atomic mass is 32.2. The van der Waals surface area contributed by atoms with Crippen LogP contribution in [0.2, 0.25) is 0 Å². The van der Waals surface area contributed by atoms with Crippen molar-refractivity contribution in [2.24, 2.45) is 5.92 Å². The van der Waals surface area contributed by atoms with Crippen molar-refractivity contribution in [1.29, 1.82) is 0 Å². The molecule has 1 saturated carbocycles. The minimum absolute atomic E-state index is 0.141. The number of thioether (sulfide) groups is 1. The molecule has 100 valence electrons. The number of nitrogens with one attached hydrogen (secondary N) is 1. The molecule has 0 radical (unpaired) electrons. The molecule has 1 N–H and O–H groups in total. The molecular weight excluding hydrogens is 245 g/mol. The Balaban J connectivity index is 1.76. The third-order valence-corrected chi connectivity index (χ3v) is 4.52. The van der Waals surface area contributed by atoms with Crippen molar-refractivity contribution in [3.8, 4) is 0 Å². The Hall–Kier alpha value is -0.540. The molecule has 0 aromatic heterocycles. The van der Waals surface area contributed by atoms with Crippen molar-refractivity contribution in [1.82, 2.24) is 5.32 Å². The summed E-state index contributed by atoms with van der Waals surface area (Å²) in [5.74, 6) is 1.88. The van der Waals surface area contributed by atoms with Gasteiger partial charge in [-0.25, -0.2) is 4.39 Å². The fourth-order valence-electron chi connectivity index (χ4n) is 2.13. The van der Waals surface area contributed by atoms with Gasteiger partial charge in [0.1, 0.15) is 5.82 Å². The Labute approximate surface area is 114 Å². The molecule has 1 aliphatic rings. The molecule has 0 heterocycles. The molecule has 1 aromatic rings. The Morgan fingerprint density at radius 3 is 2.94 bits per heavy atom. The van der Waals surface area contributed by atoms with Gasteiger partial charge in [0.05, 0.1) is 0 Å². The van der Waals surface area contributed by atoms with Gasteiger partial charge in [-0.15, -0.1) is 11.8 Å². The van der Waals surface area contributed by atoms with Crippen molar-refractivity contribution in [2.45, 2.75) is 43.5 Å². The zero-order valence-corrected chi connectivity index (χ0v) is 11.8. The highest BCUT2D eigenvalue weighted by Gasteiger charge is 2.22. The largest absolute Gasteiger partial charge is 0.313 e. The predicted molar refractivity (Wildman–Crippen MR) is 76.5 cm³/mol. The van der Waals surface area contributed by atoms with Crippen LogP contribution in [-0.4, -0.2) is 18.3 Å². The summed E-state index contributed by atoms with van der Waals surface area (Å²) in [5, 5.41) is 3.54. The van der Waals surface area contributed by atoms with E-state index < -0.39 is 0 Å². The van der Waals surface area contributed by atoms with Crippen molar-refractivity contribution in [3.63, 3.8) is 0 Å². The number of halogens is 1. The fourth-order valence-corrected chi connectivity index (χ4v) is 3.18. The summed E-state index contributed by atoms with van der Waals surface area (Å²) in [7, 11) is 0.